The van der Waals surface area contributed by atoms with Gasteiger partial charge >= 0.3 is 8.80 Å². The SMILES string of the molecule is CCCO[Si](OCCC)(OCCC)C(CC)c1c(OC(CC)OCC)cc(OC(CC)OCC)cc1OC(CC)OCC. The third-order valence-electron chi connectivity index (χ3n) is 6.63. The molecule has 1 aromatic carbocycles. The Balaban J connectivity index is 4.07. The summed E-state index contributed by atoms with van der Waals surface area (Å²) >= 11 is 0. The molecule has 0 aliphatic heterocycles. The highest BCUT2D eigenvalue weighted by Crippen LogP contribution is 2.47. The zero-order chi connectivity index (χ0) is 32.1. The molecule has 0 N–H and O–H groups in total. The van der Waals surface area contributed by atoms with E-state index in [2.05, 4.69) is 27.7 Å². The summed E-state index contributed by atoms with van der Waals surface area (Å²) in [5, 5.41) is 0. The normalized spacial score (nSPS) is 14.7. The fourth-order valence-corrected chi connectivity index (χ4v) is 8.13. The fraction of sp³-hybridized carbons (Fsp3) is 0.818. The summed E-state index contributed by atoms with van der Waals surface area (Å²) < 4.78 is 57.4. The van der Waals surface area contributed by atoms with Crippen molar-refractivity contribution in [3.8, 4) is 17.2 Å². The molecule has 0 aromatic heterocycles. The number of hydrogen-bond donors (Lipinski definition) is 0. The van der Waals surface area contributed by atoms with Gasteiger partial charge in [0, 0.05) is 76.6 Å². The van der Waals surface area contributed by atoms with E-state index in [1.54, 1.807) is 0 Å². The van der Waals surface area contributed by atoms with Crippen LogP contribution in [0.4, 0.5) is 0 Å². The van der Waals surface area contributed by atoms with Crippen LogP contribution >= 0.6 is 0 Å². The van der Waals surface area contributed by atoms with Gasteiger partial charge in [-0.3, -0.25) is 0 Å². The maximum atomic E-state index is 6.67. The van der Waals surface area contributed by atoms with Gasteiger partial charge in [0.05, 0.1) is 5.54 Å². The molecule has 1 aromatic rings. The average Bonchev–Trinajstić information content (AvgIpc) is 3.01. The second kappa shape index (κ2) is 23.0. The van der Waals surface area contributed by atoms with Crippen LogP contribution < -0.4 is 14.2 Å². The van der Waals surface area contributed by atoms with E-state index in [0.717, 1.165) is 24.8 Å². The van der Waals surface area contributed by atoms with E-state index in [1.807, 2.05) is 53.7 Å². The van der Waals surface area contributed by atoms with Crippen LogP contribution in [0, 0.1) is 0 Å². The average molecular weight is 631 g/mol. The van der Waals surface area contributed by atoms with Gasteiger partial charge in [-0.2, -0.15) is 0 Å². The van der Waals surface area contributed by atoms with Crippen molar-refractivity contribution in [1.82, 2.24) is 0 Å². The second-order valence-corrected chi connectivity index (χ2v) is 12.9. The first-order valence-electron chi connectivity index (χ1n) is 16.8. The monoisotopic (exact) mass is 630 g/mol. The van der Waals surface area contributed by atoms with Gasteiger partial charge in [-0.25, -0.2) is 0 Å². The van der Waals surface area contributed by atoms with Crippen molar-refractivity contribution < 1.29 is 41.7 Å². The van der Waals surface area contributed by atoms with Crippen LogP contribution in [0.15, 0.2) is 12.1 Å². The molecule has 0 saturated carbocycles. The van der Waals surface area contributed by atoms with Gasteiger partial charge < -0.3 is 41.7 Å². The molecule has 9 nitrogen and oxygen atoms in total. The molecule has 0 spiro atoms. The molecule has 0 aliphatic carbocycles. The standard InChI is InChI=1S/C33H62O9Si/c1-11-21-37-43(38-22-12-2,39-23-13-3)29(14-4)33-27(41-31(16-6)35-19-9)24-26(40-30(15-5)34-18-8)25-28(33)42-32(17-7)36-20-10/h24-25,29-32H,11-23H2,1-10H3. The van der Waals surface area contributed by atoms with Crippen LogP contribution in [-0.4, -0.2) is 67.3 Å². The number of hydrogen-bond acceptors (Lipinski definition) is 9. The minimum atomic E-state index is -3.33. The maximum absolute atomic E-state index is 6.67. The quantitative estimate of drug-likeness (QED) is 0.0703. The topological polar surface area (TPSA) is 83.1 Å². The highest BCUT2D eigenvalue weighted by atomic mass is 28.4. The zero-order valence-corrected chi connectivity index (χ0v) is 29.8. The first-order chi connectivity index (χ1) is 20.9. The Labute approximate surface area is 263 Å². The molecule has 0 saturated heterocycles. The molecule has 0 fully saturated rings. The lowest BCUT2D eigenvalue weighted by Crippen LogP contribution is -2.52. The molecule has 0 heterocycles. The van der Waals surface area contributed by atoms with Crippen LogP contribution in [0.5, 0.6) is 17.2 Å². The van der Waals surface area contributed by atoms with Crippen LogP contribution in [0.25, 0.3) is 0 Å². The third kappa shape index (κ3) is 12.9. The summed E-state index contributed by atoms with van der Waals surface area (Å²) in [6.45, 7) is 23.6. The van der Waals surface area contributed by atoms with Crippen molar-refractivity contribution in [3.05, 3.63) is 17.7 Å². The summed E-state index contributed by atoms with van der Waals surface area (Å²) in [6, 6.07) is 3.82. The van der Waals surface area contributed by atoms with E-state index in [4.69, 9.17) is 41.7 Å². The van der Waals surface area contributed by atoms with Crippen LogP contribution in [0.1, 0.15) is 125 Å². The molecule has 0 amide bonds. The molecule has 4 atom stereocenters. The van der Waals surface area contributed by atoms with Gasteiger partial charge in [-0.05, 0) is 46.5 Å². The van der Waals surface area contributed by atoms with Crippen molar-refractivity contribution in [1.29, 1.82) is 0 Å². The van der Waals surface area contributed by atoms with E-state index >= 15 is 0 Å². The van der Waals surface area contributed by atoms with Crippen LogP contribution in [0.2, 0.25) is 0 Å². The Morgan fingerprint density at radius 1 is 0.512 bits per heavy atom. The Bertz CT molecular complexity index is 782. The molecule has 0 bridgehead atoms. The Hall–Kier alpha value is -1.40. The summed E-state index contributed by atoms with van der Waals surface area (Å²) in [6.07, 6.45) is 3.87. The van der Waals surface area contributed by atoms with Crippen molar-refractivity contribution >= 4 is 8.80 Å². The predicted molar refractivity (Wildman–Crippen MR) is 173 cm³/mol. The van der Waals surface area contributed by atoms with E-state index in [0.29, 0.717) is 82.6 Å². The smallest absolute Gasteiger partial charge is 0.465 e. The largest absolute Gasteiger partial charge is 0.509 e. The minimum Gasteiger partial charge on any atom is -0.465 e. The van der Waals surface area contributed by atoms with Crippen molar-refractivity contribution in [3.63, 3.8) is 0 Å². The Morgan fingerprint density at radius 2 is 0.884 bits per heavy atom. The highest BCUT2D eigenvalue weighted by Gasteiger charge is 2.52. The van der Waals surface area contributed by atoms with Crippen molar-refractivity contribution in [2.75, 3.05) is 39.6 Å². The molecule has 43 heavy (non-hydrogen) atoms. The second-order valence-electron chi connectivity index (χ2n) is 10.2. The van der Waals surface area contributed by atoms with Crippen LogP contribution in [-0.2, 0) is 27.5 Å². The summed E-state index contributed by atoms with van der Waals surface area (Å²) in [5.74, 6) is 1.76. The third-order valence-corrected chi connectivity index (χ3v) is 10.00. The zero-order valence-electron chi connectivity index (χ0n) is 28.8. The summed E-state index contributed by atoms with van der Waals surface area (Å²) in [5.41, 5.74) is 0.550. The molecule has 4 unspecified atom stereocenters. The van der Waals surface area contributed by atoms with Gasteiger partial charge in [0.1, 0.15) is 17.2 Å². The number of rotatable bonds is 27. The summed E-state index contributed by atoms with van der Waals surface area (Å²) in [4.78, 5) is 0. The van der Waals surface area contributed by atoms with Crippen molar-refractivity contribution in [2.45, 2.75) is 139 Å². The summed E-state index contributed by atoms with van der Waals surface area (Å²) in [7, 11) is -3.33. The first kappa shape index (κ1) is 39.6. The van der Waals surface area contributed by atoms with E-state index < -0.39 is 27.7 Å². The van der Waals surface area contributed by atoms with Crippen molar-refractivity contribution in [2.24, 2.45) is 0 Å². The van der Waals surface area contributed by atoms with E-state index in [-0.39, 0.29) is 5.54 Å². The lowest BCUT2D eigenvalue weighted by molar-refractivity contribution is -0.0848. The number of ether oxygens (including phenoxy) is 6. The molecular formula is C33H62O9Si. The first-order valence-corrected chi connectivity index (χ1v) is 18.6. The van der Waals surface area contributed by atoms with Gasteiger partial charge in [0.15, 0.2) is 18.9 Å². The molecule has 10 heteroatoms. The molecule has 1 rings (SSSR count). The Kier molecular flexibility index (Phi) is 21.2. The van der Waals surface area contributed by atoms with E-state index in [9.17, 15) is 0 Å². The van der Waals surface area contributed by atoms with Gasteiger partial charge in [-0.1, -0.05) is 48.5 Å². The lowest BCUT2D eigenvalue weighted by Gasteiger charge is -2.37. The lowest BCUT2D eigenvalue weighted by atomic mass is 10.1. The fourth-order valence-electron chi connectivity index (χ4n) is 4.67. The maximum Gasteiger partial charge on any atom is 0.509 e. The van der Waals surface area contributed by atoms with Gasteiger partial charge in [-0.15, -0.1) is 0 Å². The molecule has 0 aliphatic rings. The Morgan fingerprint density at radius 3 is 1.19 bits per heavy atom. The molecular weight excluding hydrogens is 568 g/mol. The van der Waals surface area contributed by atoms with Crippen LogP contribution in [0.3, 0.4) is 0 Å². The van der Waals surface area contributed by atoms with E-state index in [1.165, 1.54) is 0 Å². The van der Waals surface area contributed by atoms with Gasteiger partial charge in [0.25, 0.3) is 0 Å². The molecule has 252 valence electrons. The predicted octanol–water partition coefficient (Wildman–Crippen LogP) is 8.39. The highest BCUT2D eigenvalue weighted by molar-refractivity contribution is 6.62. The number of benzene rings is 1. The minimum absolute atomic E-state index is 0.275. The molecule has 0 radical (unpaired) electrons. The van der Waals surface area contributed by atoms with Gasteiger partial charge in [0.2, 0.25) is 0 Å².